The number of rotatable bonds is 4. The van der Waals surface area contributed by atoms with Gasteiger partial charge in [0.25, 0.3) is 0 Å². The van der Waals surface area contributed by atoms with E-state index >= 15 is 0 Å². The summed E-state index contributed by atoms with van der Waals surface area (Å²) in [6, 6.07) is 0. The van der Waals surface area contributed by atoms with Crippen LogP contribution in [-0.4, -0.2) is 24.8 Å². The highest BCUT2D eigenvalue weighted by Gasteiger charge is 2.18. The van der Waals surface area contributed by atoms with Gasteiger partial charge in [0.2, 0.25) is 0 Å². The topological polar surface area (TPSA) is 44.8 Å². The van der Waals surface area contributed by atoms with Crippen molar-refractivity contribution in [1.82, 2.24) is 0 Å². The molecular formula is C12H26O4. The van der Waals surface area contributed by atoms with Crippen molar-refractivity contribution in [2.75, 3.05) is 13.2 Å². The molecule has 0 atom stereocenters. The minimum absolute atomic E-state index is 0.0285. The first-order chi connectivity index (χ1) is 7.24. The molecule has 98 valence electrons. The summed E-state index contributed by atoms with van der Waals surface area (Å²) in [5.74, 6) is -0.160. The largest absolute Gasteiger partial charge is 0.460 e. The van der Waals surface area contributed by atoms with Crippen LogP contribution in [-0.2, 0) is 19.3 Å². The van der Waals surface area contributed by atoms with Crippen LogP contribution in [0.25, 0.3) is 0 Å². The second kappa shape index (κ2) is 9.60. The molecule has 0 saturated carbocycles. The van der Waals surface area contributed by atoms with Crippen molar-refractivity contribution in [3.63, 3.8) is 0 Å². The van der Waals surface area contributed by atoms with Crippen LogP contribution in [0, 0.1) is 5.92 Å². The van der Waals surface area contributed by atoms with Crippen molar-refractivity contribution >= 4 is 5.97 Å². The van der Waals surface area contributed by atoms with Crippen LogP contribution >= 0.6 is 0 Å². The summed E-state index contributed by atoms with van der Waals surface area (Å²) in [6.07, 6.45) is 0. The highest BCUT2D eigenvalue weighted by atomic mass is 17.2. The third kappa shape index (κ3) is 15.8. The van der Waals surface area contributed by atoms with Gasteiger partial charge in [-0.15, -0.1) is 0 Å². The summed E-state index contributed by atoms with van der Waals surface area (Å²) in [5, 5.41) is 0. The molecule has 16 heavy (non-hydrogen) atoms. The molecule has 0 aliphatic heterocycles. The molecule has 0 unspecified atom stereocenters. The maximum absolute atomic E-state index is 10.9. The molecule has 4 heteroatoms. The van der Waals surface area contributed by atoms with Crippen LogP contribution < -0.4 is 0 Å². The van der Waals surface area contributed by atoms with Crippen molar-refractivity contribution in [2.24, 2.45) is 5.92 Å². The fraction of sp³-hybridized carbons (Fsp3) is 0.917. The van der Waals surface area contributed by atoms with Crippen molar-refractivity contribution in [3.05, 3.63) is 0 Å². The molecule has 0 aromatic carbocycles. The Balaban J connectivity index is 0. The Bertz CT molecular complexity index is 166. The Hall–Kier alpha value is -0.610. The van der Waals surface area contributed by atoms with Crippen LogP contribution in [0.3, 0.4) is 0 Å². The van der Waals surface area contributed by atoms with Gasteiger partial charge in [-0.1, -0.05) is 13.8 Å². The monoisotopic (exact) mass is 234 g/mol. The maximum atomic E-state index is 10.9. The first-order valence-corrected chi connectivity index (χ1v) is 5.71. The fourth-order valence-corrected chi connectivity index (χ4v) is 0.586. The SMILES string of the molecule is CC(C)C(=O)OC(C)(C)C.CCOOCC. The molecule has 0 aliphatic carbocycles. The van der Waals surface area contributed by atoms with Crippen LogP contribution in [0.5, 0.6) is 0 Å². The number of carbonyl (C=O) groups is 1. The zero-order valence-corrected chi connectivity index (χ0v) is 11.6. The molecule has 0 spiro atoms. The van der Waals surface area contributed by atoms with Crippen LogP contribution in [0.1, 0.15) is 48.5 Å². The van der Waals surface area contributed by atoms with Gasteiger partial charge in [-0.05, 0) is 34.6 Å². The average molecular weight is 234 g/mol. The van der Waals surface area contributed by atoms with Gasteiger partial charge in [-0.2, -0.15) is 0 Å². The fourth-order valence-electron chi connectivity index (χ4n) is 0.586. The Kier molecular flexibility index (Phi) is 10.7. The molecule has 0 fully saturated rings. The summed E-state index contributed by atoms with van der Waals surface area (Å²) in [5.41, 5.74) is -0.346. The Morgan fingerprint density at radius 2 is 1.44 bits per heavy atom. The zero-order chi connectivity index (χ0) is 13.2. The van der Waals surface area contributed by atoms with E-state index in [1.165, 1.54) is 0 Å². The van der Waals surface area contributed by atoms with Crippen LogP contribution in [0.15, 0.2) is 0 Å². The molecular weight excluding hydrogens is 208 g/mol. The molecule has 0 amide bonds. The summed E-state index contributed by atoms with van der Waals surface area (Å²) < 4.78 is 5.06. The molecule has 0 aromatic rings. The third-order valence-corrected chi connectivity index (χ3v) is 1.20. The van der Waals surface area contributed by atoms with Gasteiger partial charge < -0.3 is 4.74 Å². The van der Waals surface area contributed by atoms with E-state index in [4.69, 9.17) is 4.74 Å². The van der Waals surface area contributed by atoms with E-state index in [1.807, 2.05) is 48.5 Å². The van der Waals surface area contributed by atoms with Crippen LogP contribution in [0.2, 0.25) is 0 Å². The summed E-state index contributed by atoms with van der Waals surface area (Å²) >= 11 is 0. The predicted octanol–water partition coefficient (Wildman–Crippen LogP) is 2.96. The number of hydrogen-bond acceptors (Lipinski definition) is 4. The van der Waals surface area contributed by atoms with Gasteiger partial charge in [0, 0.05) is 0 Å². The Morgan fingerprint density at radius 3 is 1.56 bits per heavy atom. The van der Waals surface area contributed by atoms with Gasteiger partial charge in [-0.3, -0.25) is 4.79 Å². The number of esters is 1. The quantitative estimate of drug-likeness (QED) is 0.325. The molecule has 0 saturated heterocycles. The van der Waals surface area contributed by atoms with Crippen molar-refractivity contribution < 1.29 is 19.3 Å². The van der Waals surface area contributed by atoms with E-state index in [9.17, 15) is 4.79 Å². The van der Waals surface area contributed by atoms with E-state index in [-0.39, 0.29) is 17.5 Å². The normalized spacial score (nSPS) is 10.8. The van der Waals surface area contributed by atoms with Crippen molar-refractivity contribution in [1.29, 1.82) is 0 Å². The highest BCUT2D eigenvalue weighted by Crippen LogP contribution is 2.10. The molecule has 0 aliphatic rings. The summed E-state index contributed by atoms with van der Waals surface area (Å²) in [4.78, 5) is 19.9. The van der Waals surface area contributed by atoms with E-state index in [0.29, 0.717) is 13.2 Å². The molecule has 0 bridgehead atoms. The molecule has 0 heterocycles. The third-order valence-electron chi connectivity index (χ3n) is 1.20. The molecule has 0 rings (SSSR count). The minimum Gasteiger partial charge on any atom is -0.460 e. The average Bonchev–Trinajstić information content (AvgIpc) is 2.13. The Labute approximate surface area is 99.2 Å². The van der Waals surface area contributed by atoms with E-state index in [2.05, 4.69) is 9.78 Å². The lowest BCUT2D eigenvalue weighted by molar-refractivity contribution is -0.287. The predicted molar refractivity (Wildman–Crippen MR) is 63.9 cm³/mol. The van der Waals surface area contributed by atoms with Gasteiger partial charge in [-0.25, -0.2) is 9.78 Å². The van der Waals surface area contributed by atoms with Gasteiger partial charge in [0.1, 0.15) is 5.60 Å². The second-order valence-electron chi connectivity index (χ2n) is 4.50. The van der Waals surface area contributed by atoms with Gasteiger partial charge in [0.15, 0.2) is 0 Å². The van der Waals surface area contributed by atoms with E-state index in [1.54, 1.807) is 0 Å². The first kappa shape index (κ1) is 17.8. The lowest BCUT2D eigenvalue weighted by atomic mass is 10.1. The molecule has 0 aromatic heterocycles. The number of carbonyl (C=O) groups excluding carboxylic acids is 1. The Morgan fingerprint density at radius 1 is 1.06 bits per heavy atom. The second-order valence-corrected chi connectivity index (χ2v) is 4.50. The van der Waals surface area contributed by atoms with Crippen molar-refractivity contribution in [3.8, 4) is 0 Å². The zero-order valence-electron chi connectivity index (χ0n) is 11.6. The smallest absolute Gasteiger partial charge is 0.308 e. The minimum atomic E-state index is -0.346. The lowest BCUT2D eigenvalue weighted by Crippen LogP contribution is -2.26. The van der Waals surface area contributed by atoms with E-state index in [0.717, 1.165) is 0 Å². The number of hydrogen-bond donors (Lipinski definition) is 0. The van der Waals surface area contributed by atoms with E-state index < -0.39 is 0 Å². The molecule has 0 N–H and O–H groups in total. The van der Waals surface area contributed by atoms with Crippen LogP contribution in [0.4, 0.5) is 0 Å². The van der Waals surface area contributed by atoms with Crippen molar-refractivity contribution in [2.45, 2.75) is 54.1 Å². The lowest BCUT2D eigenvalue weighted by Gasteiger charge is -2.20. The van der Waals surface area contributed by atoms with Gasteiger partial charge in [0.05, 0.1) is 19.1 Å². The van der Waals surface area contributed by atoms with Gasteiger partial charge >= 0.3 is 5.97 Å². The molecule has 0 radical (unpaired) electrons. The maximum Gasteiger partial charge on any atom is 0.308 e. The highest BCUT2D eigenvalue weighted by molar-refractivity contribution is 5.71. The molecule has 4 nitrogen and oxygen atoms in total. The summed E-state index contributed by atoms with van der Waals surface area (Å²) in [7, 11) is 0. The summed E-state index contributed by atoms with van der Waals surface area (Å²) in [6.45, 7) is 14.3. The first-order valence-electron chi connectivity index (χ1n) is 5.71. The number of ether oxygens (including phenoxy) is 1. The standard InChI is InChI=1S/C8H16O2.C4H10O2/c1-6(2)7(9)10-8(3,4)5;1-3-5-6-4-2/h6H,1-5H3;3-4H2,1-2H3.